The predicted molar refractivity (Wildman–Crippen MR) is 112 cm³/mol. The van der Waals surface area contributed by atoms with E-state index in [0.717, 1.165) is 23.9 Å². The molecule has 2 N–H and O–H groups in total. The molecule has 140 valence electrons. The summed E-state index contributed by atoms with van der Waals surface area (Å²) in [5, 5.41) is 6.89. The number of guanidine groups is 1. The van der Waals surface area contributed by atoms with Gasteiger partial charge in [-0.1, -0.05) is 31.9 Å². The molecule has 1 saturated heterocycles. The second-order valence-corrected chi connectivity index (χ2v) is 9.61. The third-order valence-corrected chi connectivity index (χ3v) is 6.51. The second kappa shape index (κ2) is 9.99. The van der Waals surface area contributed by atoms with Gasteiger partial charge < -0.3 is 10.6 Å². The van der Waals surface area contributed by atoms with E-state index in [4.69, 9.17) is 0 Å². The van der Waals surface area contributed by atoms with Crippen LogP contribution >= 0.6 is 24.0 Å². The van der Waals surface area contributed by atoms with Crippen LogP contribution in [0.5, 0.6) is 0 Å². The first-order valence-electron chi connectivity index (χ1n) is 8.73. The van der Waals surface area contributed by atoms with Crippen molar-refractivity contribution in [1.82, 2.24) is 10.6 Å². The van der Waals surface area contributed by atoms with Crippen molar-refractivity contribution in [2.75, 3.05) is 24.6 Å². The average molecular weight is 469 g/mol. The molecule has 3 unspecified atom stereocenters. The van der Waals surface area contributed by atoms with Crippen LogP contribution in [0.2, 0.25) is 0 Å². The molecule has 1 saturated carbocycles. The number of nitrogens with zero attached hydrogens (tertiary/aromatic N) is 1. The van der Waals surface area contributed by atoms with Gasteiger partial charge in [0.1, 0.15) is 0 Å². The number of nitrogens with one attached hydrogen (secondary N) is 2. The van der Waals surface area contributed by atoms with Gasteiger partial charge in [-0.25, -0.2) is 13.4 Å². The Hall–Kier alpha value is -0.310. The van der Waals surface area contributed by atoms with Gasteiger partial charge in [0.2, 0.25) is 0 Å². The Balaban J connectivity index is 0.00000288. The summed E-state index contributed by atoms with van der Waals surface area (Å²) in [6.07, 6.45) is 5.67. The topological polar surface area (TPSA) is 70.6 Å². The zero-order valence-electron chi connectivity index (χ0n) is 14.9. The molecule has 0 aromatic carbocycles. The van der Waals surface area contributed by atoms with Crippen molar-refractivity contribution in [2.45, 2.75) is 52.0 Å². The van der Waals surface area contributed by atoms with Crippen molar-refractivity contribution < 1.29 is 8.42 Å². The van der Waals surface area contributed by atoms with Gasteiger partial charge in [-0.15, -0.1) is 24.0 Å². The number of sulfone groups is 1. The predicted octanol–water partition coefficient (Wildman–Crippen LogP) is 2.73. The standard InChI is InChI=1S/C17H31N3O2S.HI/c1-13(2)10-18-17(20-16-6-4-5-14(3)9-16)19-11-15-7-8-23(21,22)12-15;/h14-16H,1,4-12H2,2-3H3,(H2,18,19,20);1H. The van der Waals surface area contributed by atoms with Gasteiger partial charge in [-0.05, 0) is 38.0 Å². The van der Waals surface area contributed by atoms with Crippen molar-refractivity contribution in [3.63, 3.8) is 0 Å². The summed E-state index contributed by atoms with van der Waals surface area (Å²) in [5.41, 5.74) is 1.02. The second-order valence-electron chi connectivity index (χ2n) is 7.38. The van der Waals surface area contributed by atoms with Crippen LogP contribution in [0.1, 0.15) is 46.0 Å². The zero-order valence-corrected chi connectivity index (χ0v) is 18.0. The van der Waals surface area contributed by atoms with Crippen molar-refractivity contribution in [3.8, 4) is 0 Å². The van der Waals surface area contributed by atoms with Crippen LogP contribution in [-0.2, 0) is 9.84 Å². The van der Waals surface area contributed by atoms with E-state index in [-0.39, 0.29) is 29.9 Å². The van der Waals surface area contributed by atoms with Crippen LogP contribution in [-0.4, -0.2) is 45.0 Å². The molecule has 0 spiro atoms. The van der Waals surface area contributed by atoms with Crippen molar-refractivity contribution in [3.05, 3.63) is 12.2 Å². The Morgan fingerprint density at radius 3 is 2.62 bits per heavy atom. The highest BCUT2D eigenvalue weighted by Gasteiger charge is 2.28. The van der Waals surface area contributed by atoms with E-state index in [9.17, 15) is 8.42 Å². The van der Waals surface area contributed by atoms with Crippen LogP contribution in [0.15, 0.2) is 17.1 Å². The van der Waals surface area contributed by atoms with Crippen LogP contribution in [0.4, 0.5) is 0 Å². The molecule has 2 rings (SSSR count). The minimum atomic E-state index is -2.82. The van der Waals surface area contributed by atoms with Gasteiger partial charge in [0, 0.05) is 12.6 Å². The van der Waals surface area contributed by atoms with E-state index in [1.165, 1.54) is 25.7 Å². The Morgan fingerprint density at radius 2 is 2.04 bits per heavy atom. The lowest BCUT2D eigenvalue weighted by molar-refractivity contribution is 0.324. The Morgan fingerprint density at radius 1 is 1.29 bits per heavy atom. The van der Waals surface area contributed by atoms with E-state index in [2.05, 4.69) is 29.1 Å². The van der Waals surface area contributed by atoms with E-state index >= 15 is 0 Å². The van der Waals surface area contributed by atoms with E-state index in [1.54, 1.807) is 0 Å². The van der Waals surface area contributed by atoms with Gasteiger partial charge in [-0.3, -0.25) is 0 Å². The van der Waals surface area contributed by atoms with Crippen molar-refractivity contribution in [2.24, 2.45) is 16.8 Å². The first-order chi connectivity index (χ1) is 10.8. The zero-order chi connectivity index (χ0) is 16.9. The monoisotopic (exact) mass is 469 g/mol. The summed E-state index contributed by atoms with van der Waals surface area (Å²) in [6.45, 7) is 9.44. The summed E-state index contributed by atoms with van der Waals surface area (Å²) in [5.74, 6) is 2.38. The van der Waals surface area contributed by atoms with E-state index in [0.29, 0.717) is 30.6 Å². The maximum atomic E-state index is 11.6. The molecule has 1 aliphatic carbocycles. The van der Waals surface area contributed by atoms with Crippen molar-refractivity contribution in [1.29, 1.82) is 0 Å². The molecule has 7 heteroatoms. The lowest BCUT2D eigenvalue weighted by atomic mass is 9.87. The summed E-state index contributed by atoms with van der Waals surface area (Å²) in [6, 6.07) is 0.461. The first-order valence-corrected chi connectivity index (χ1v) is 10.6. The molecule has 0 aromatic rings. The van der Waals surface area contributed by atoms with E-state index < -0.39 is 9.84 Å². The van der Waals surface area contributed by atoms with Gasteiger partial charge in [0.05, 0.1) is 18.1 Å². The smallest absolute Gasteiger partial charge is 0.191 e. The highest BCUT2D eigenvalue weighted by atomic mass is 127. The molecular formula is C17H32IN3O2S. The molecule has 0 amide bonds. The van der Waals surface area contributed by atoms with Gasteiger partial charge in [0.15, 0.2) is 15.8 Å². The van der Waals surface area contributed by atoms with E-state index in [1.807, 2.05) is 6.92 Å². The summed E-state index contributed by atoms with van der Waals surface area (Å²) in [4.78, 5) is 4.59. The van der Waals surface area contributed by atoms with Gasteiger partial charge in [0.25, 0.3) is 0 Å². The van der Waals surface area contributed by atoms with Crippen LogP contribution in [0, 0.1) is 11.8 Å². The molecular weight excluding hydrogens is 437 g/mol. The highest BCUT2D eigenvalue weighted by Crippen LogP contribution is 2.23. The number of aliphatic imine (C=N–C) groups is 1. The lowest BCUT2D eigenvalue weighted by Crippen LogP contribution is -2.46. The van der Waals surface area contributed by atoms with Crippen molar-refractivity contribution >= 4 is 39.8 Å². The normalized spacial score (nSPS) is 29.6. The Bertz CT molecular complexity index is 548. The minimum Gasteiger partial charge on any atom is -0.356 e. The molecule has 3 atom stereocenters. The lowest BCUT2D eigenvalue weighted by Gasteiger charge is -2.29. The molecule has 5 nitrogen and oxygen atoms in total. The summed E-state index contributed by atoms with van der Waals surface area (Å²) in [7, 11) is -2.82. The van der Waals surface area contributed by atoms with Gasteiger partial charge >= 0.3 is 0 Å². The Kier molecular flexibility index (Phi) is 9.05. The molecule has 1 aliphatic heterocycles. The molecule has 0 aromatic heterocycles. The van der Waals surface area contributed by atoms with Crippen LogP contribution in [0.3, 0.4) is 0 Å². The maximum absolute atomic E-state index is 11.6. The first kappa shape index (κ1) is 21.7. The minimum absolute atomic E-state index is 0. The molecule has 0 bridgehead atoms. The fourth-order valence-corrected chi connectivity index (χ4v) is 5.26. The quantitative estimate of drug-likeness (QED) is 0.281. The fraction of sp³-hybridized carbons (Fsp3) is 0.824. The van der Waals surface area contributed by atoms with Gasteiger partial charge in [-0.2, -0.15) is 0 Å². The SMILES string of the molecule is C=C(C)CN=C(NCC1CCS(=O)(=O)C1)NC1CCCC(C)C1.I. The molecule has 24 heavy (non-hydrogen) atoms. The highest BCUT2D eigenvalue weighted by molar-refractivity contribution is 14.0. The molecule has 1 heterocycles. The summed E-state index contributed by atoms with van der Waals surface area (Å²) >= 11 is 0. The molecule has 2 fully saturated rings. The number of rotatable bonds is 5. The maximum Gasteiger partial charge on any atom is 0.191 e. The average Bonchev–Trinajstić information content (AvgIpc) is 2.81. The number of hydrogen-bond acceptors (Lipinski definition) is 3. The number of hydrogen-bond donors (Lipinski definition) is 2. The Labute approximate surface area is 164 Å². The third kappa shape index (κ3) is 7.72. The van der Waals surface area contributed by atoms with Crippen LogP contribution in [0.25, 0.3) is 0 Å². The number of halogens is 1. The van der Waals surface area contributed by atoms with Crippen LogP contribution < -0.4 is 10.6 Å². The largest absolute Gasteiger partial charge is 0.356 e. The summed E-state index contributed by atoms with van der Waals surface area (Å²) < 4.78 is 23.1. The fourth-order valence-electron chi connectivity index (χ4n) is 3.40. The molecule has 0 radical (unpaired) electrons. The molecule has 2 aliphatic rings. The third-order valence-electron chi connectivity index (χ3n) is 4.67.